The lowest BCUT2D eigenvalue weighted by Crippen LogP contribution is -2.26. The maximum absolute atomic E-state index is 14.1. The molecule has 0 saturated heterocycles. The minimum Gasteiger partial charge on any atom is -0.457 e. The summed E-state index contributed by atoms with van der Waals surface area (Å²) < 4.78 is 23.4. The van der Waals surface area contributed by atoms with E-state index >= 15 is 0 Å². The number of aromatic nitrogens is 2. The van der Waals surface area contributed by atoms with Crippen molar-refractivity contribution in [3.63, 3.8) is 0 Å². The third-order valence-corrected chi connectivity index (χ3v) is 13.4. The topological polar surface area (TPSA) is 33.5 Å². The zero-order chi connectivity index (χ0) is 47.0. The second-order valence-electron chi connectivity index (χ2n) is 22.0. The van der Waals surface area contributed by atoms with Gasteiger partial charge >= 0.3 is 0 Å². The maximum atomic E-state index is 14.1. The van der Waals surface area contributed by atoms with E-state index in [0.717, 1.165) is 56.2 Å². The smallest absolute Gasteiger partial charge is 0.137 e. The molecule has 1 aliphatic rings. The summed E-state index contributed by atoms with van der Waals surface area (Å²) in [7, 11) is 0. The van der Waals surface area contributed by atoms with Crippen molar-refractivity contribution in [1.82, 2.24) is 9.55 Å². The Bertz CT molecular complexity index is 3090. The van der Waals surface area contributed by atoms with Crippen molar-refractivity contribution in [2.24, 2.45) is 0 Å². The molecule has 5 nitrogen and oxygen atoms in total. The minimum atomic E-state index is -0.226. The fourth-order valence-electron chi connectivity index (χ4n) is 9.46. The molecule has 9 rings (SSSR count). The molecule has 3 heterocycles. The van der Waals surface area contributed by atoms with Crippen LogP contribution in [0.15, 0.2) is 134 Å². The number of anilines is 4. The molecule has 0 unspecified atom stereocenters. The molecule has 0 radical (unpaired) electrons. The number of hydrogen-bond donors (Lipinski definition) is 0. The van der Waals surface area contributed by atoms with Gasteiger partial charge in [-0.3, -0.25) is 4.57 Å². The molecule has 0 fully saturated rings. The van der Waals surface area contributed by atoms with E-state index < -0.39 is 0 Å². The minimum absolute atomic E-state index is 0.0223. The summed E-state index contributed by atoms with van der Waals surface area (Å²) in [6, 6.07) is 44.7. The molecule has 0 aliphatic carbocycles. The highest BCUT2D eigenvalue weighted by molar-refractivity contribution is 6.09. The van der Waals surface area contributed by atoms with Gasteiger partial charge in [-0.25, -0.2) is 9.37 Å². The number of nitrogens with zero attached hydrogens (tertiary/aromatic N) is 4. The first-order valence-electron chi connectivity index (χ1n) is 23.6. The Labute approximate surface area is 391 Å². The predicted octanol–water partition coefficient (Wildman–Crippen LogP) is 17.2. The number of rotatable bonds is 8. The van der Waals surface area contributed by atoms with Crippen molar-refractivity contribution in [2.45, 2.75) is 118 Å². The summed E-state index contributed by atoms with van der Waals surface area (Å²) in [4.78, 5) is 9.92. The highest BCUT2D eigenvalue weighted by atomic mass is 19.1. The standard InChI is InChI=1S/C60H65FN4O/c1-37(2)50-28-40(39-18-21-44(61)22-19-39)29-51(38(3)4)57(50)64-36-63(53-25-20-41(32-55(53)64)58(5,6)7)45-30-43(60(11,12)13)31-47(34-45)66-46-23-24-49-48-16-14-15-17-52(48)65(54(49)35-46)56-33-42(26-27-62-56)59(8,9)10/h14-35,37-38H,36H2,1-13H3. The summed E-state index contributed by atoms with van der Waals surface area (Å²) in [5.74, 6) is 2.68. The van der Waals surface area contributed by atoms with Gasteiger partial charge in [-0.2, -0.15) is 0 Å². The molecule has 0 spiro atoms. The van der Waals surface area contributed by atoms with Gasteiger partial charge in [0.2, 0.25) is 0 Å². The van der Waals surface area contributed by atoms with E-state index in [9.17, 15) is 4.39 Å². The van der Waals surface area contributed by atoms with Crippen LogP contribution in [0.2, 0.25) is 0 Å². The van der Waals surface area contributed by atoms with Gasteiger partial charge in [0.25, 0.3) is 0 Å². The molecule has 0 atom stereocenters. The Kier molecular flexibility index (Phi) is 11.2. The molecular formula is C60H65FN4O. The van der Waals surface area contributed by atoms with Crippen LogP contribution in [0.5, 0.6) is 11.5 Å². The molecular weight excluding hydrogens is 812 g/mol. The number of ether oxygens (including phenoxy) is 1. The first-order valence-corrected chi connectivity index (χ1v) is 23.6. The zero-order valence-electron chi connectivity index (χ0n) is 41.1. The first kappa shape index (κ1) is 44.8. The van der Waals surface area contributed by atoms with Crippen LogP contribution in [0.4, 0.5) is 27.1 Å². The number of pyridine rings is 1. The van der Waals surface area contributed by atoms with Crippen LogP contribution in [0.1, 0.15) is 130 Å². The SMILES string of the molecule is CC(C)c1cc(-c2ccc(F)cc2)cc(C(C)C)c1N1CN(c2cc(Oc3ccc4c5ccccc5n(-c5cc(C(C)(C)C)ccn5)c4c3)cc(C(C)(C)C)c2)c2ccc(C(C)(C)C)cc21. The van der Waals surface area contributed by atoms with E-state index in [-0.39, 0.29) is 33.9 Å². The number of benzene rings is 6. The second kappa shape index (κ2) is 16.5. The van der Waals surface area contributed by atoms with Gasteiger partial charge in [0.1, 0.15) is 29.8 Å². The molecule has 2 aromatic heterocycles. The number of halogens is 1. The maximum Gasteiger partial charge on any atom is 0.137 e. The van der Waals surface area contributed by atoms with Gasteiger partial charge in [0.15, 0.2) is 0 Å². The van der Waals surface area contributed by atoms with E-state index in [4.69, 9.17) is 9.72 Å². The monoisotopic (exact) mass is 877 g/mol. The van der Waals surface area contributed by atoms with Crippen LogP contribution in [-0.2, 0) is 16.2 Å². The van der Waals surface area contributed by atoms with Crippen molar-refractivity contribution >= 4 is 44.6 Å². The Morgan fingerprint density at radius 3 is 1.82 bits per heavy atom. The quantitative estimate of drug-likeness (QED) is 0.152. The third kappa shape index (κ3) is 8.36. The summed E-state index contributed by atoms with van der Waals surface area (Å²) in [6.07, 6.45) is 1.92. The van der Waals surface area contributed by atoms with Gasteiger partial charge < -0.3 is 14.5 Å². The average Bonchev–Trinajstić information content (AvgIpc) is 3.80. The normalized spacial score (nSPS) is 13.5. The van der Waals surface area contributed by atoms with Crippen molar-refractivity contribution in [3.05, 3.63) is 167 Å². The van der Waals surface area contributed by atoms with Gasteiger partial charge in [0.05, 0.1) is 22.4 Å². The number of para-hydroxylation sites is 1. The van der Waals surface area contributed by atoms with Crippen LogP contribution >= 0.6 is 0 Å². The Morgan fingerprint density at radius 2 is 1.17 bits per heavy atom. The first-order chi connectivity index (χ1) is 31.2. The van der Waals surface area contributed by atoms with Crippen LogP contribution in [0.25, 0.3) is 38.8 Å². The van der Waals surface area contributed by atoms with Crippen LogP contribution in [0, 0.1) is 5.82 Å². The van der Waals surface area contributed by atoms with Crippen LogP contribution in [0.3, 0.4) is 0 Å². The highest BCUT2D eigenvalue weighted by Crippen LogP contribution is 2.51. The average molecular weight is 877 g/mol. The summed E-state index contributed by atoms with van der Waals surface area (Å²) in [5, 5.41) is 2.33. The molecule has 1 aliphatic heterocycles. The lowest BCUT2D eigenvalue weighted by molar-refractivity contribution is 0.479. The van der Waals surface area contributed by atoms with Crippen molar-refractivity contribution in [1.29, 1.82) is 0 Å². The van der Waals surface area contributed by atoms with Crippen LogP contribution < -0.4 is 14.5 Å². The molecule has 0 bridgehead atoms. The molecule has 8 aromatic rings. The van der Waals surface area contributed by atoms with Gasteiger partial charge in [-0.1, -0.05) is 126 Å². The zero-order valence-corrected chi connectivity index (χ0v) is 41.1. The van der Waals surface area contributed by atoms with E-state index in [2.05, 4.69) is 208 Å². The fraction of sp³-hybridized carbons (Fsp3) is 0.317. The number of hydrogen-bond acceptors (Lipinski definition) is 4. The molecule has 0 N–H and O–H groups in total. The summed E-state index contributed by atoms with van der Waals surface area (Å²) >= 11 is 0. The van der Waals surface area contributed by atoms with Crippen molar-refractivity contribution < 1.29 is 9.13 Å². The second-order valence-corrected chi connectivity index (χ2v) is 22.0. The predicted molar refractivity (Wildman–Crippen MR) is 277 cm³/mol. The molecule has 66 heavy (non-hydrogen) atoms. The molecule has 338 valence electrons. The Morgan fingerprint density at radius 1 is 0.530 bits per heavy atom. The molecule has 0 amide bonds. The largest absolute Gasteiger partial charge is 0.457 e. The van der Waals surface area contributed by atoms with Gasteiger partial charge in [-0.15, -0.1) is 0 Å². The van der Waals surface area contributed by atoms with Crippen molar-refractivity contribution in [3.8, 4) is 28.4 Å². The van der Waals surface area contributed by atoms with E-state index in [1.807, 2.05) is 18.3 Å². The molecule has 0 saturated carbocycles. The lowest BCUT2D eigenvalue weighted by atomic mass is 9.85. The van der Waals surface area contributed by atoms with Gasteiger partial charge in [-0.05, 0) is 146 Å². The van der Waals surface area contributed by atoms with Crippen molar-refractivity contribution in [2.75, 3.05) is 16.5 Å². The third-order valence-electron chi connectivity index (χ3n) is 13.4. The summed E-state index contributed by atoms with van der Waals surface area (Å²) in [5.41, 5.74) is 15.0. The fourth-order valence-corrected chi connectivity index (χ4v) is 9.46. The Balaban J connectivity index is 1.18. The van der Waals surface area contributed by atoms with E-state index in [0.29, 0.717) is 6.67 Å². The Hall–Kier alpha value is -6.40. The van der Waals surface area contributed by atoms with E-state index in [1.54, 1.807) is 12.1 Å². The highest BCUT2D eigenvalue weighted by Gasteiger charge is 2.34. The molecule has 6 aromatic carbocycles. The van der Waals surface area contributed by atoms with Gasteiger partial charge in [0, 0.05) is 40.5 Å². The summed E-state index contributed by atoms with van der Waals surface area (Å²) in [6.45, 7) is 30.1. The lowest BCUT2D eigenvalue weighted by Gasteiger charge is -2.31. The number of fused-ring (bicyclic) bond motifs is 4. The van der Waals surface area contributed by atoms with E-state index in [1.165, 1.54) is 44.6 Å². The molecule has 6 heteroatoms. The van der Waals surface area contributed by atoms with Crippen LogP contribution in [-0.4, -0.2) is 16.2 Å².